The first-order chi connectivity index (χ1) is 10.8. The summed E-state index contributed by atoms with van der Waals surface area (Å²) in [7, 11) is -2.90. The van der Waals surface area contributed by atoms with E-state index in [2.05, 4.69) is 24.3 Å². The van der Waals surface area contributed by atoms with Gasteiger partial charge in [0.2, 0.25) is 0 Å². The van der Waals surface area contributed by atoms with Crippen LogP contribution in [0.5, 0.6) is 0 Å². The van der Waals surface area contributed by atoms with E-state index < -0.39 is 8.80 Å². The summed E-state index contributed by atoms with van der Waals surface area (Å²) in [5, 5.41) is 1.03. The molecule has 0 fully saturated rings. The smallest absolute Gasteiger partial charge is 0.370 e. The van der Waals surface area contributed by atoms with Crippen LogP contribution in [-0.2, 0) is 13.3 Å². The van der Waals surface area contributed by atoms with Crippen LogP contribution in [0.25, 0.3) is 11.1 Å². The zero-order valence-electron chi connectivity index (χ0n) is 13.5. The fraction of sp³-hybridized carbons (Fsp3) is 0.333. The van der Waals surface area contributed by atoms with Crippen molar-refractivity contribution in [2.24, 2.45) is 0 Å². The van der Waals surface area contributed by atoms with Gasteiger partial charge >= 0.3 is 8.80 Å². The fourth-order valence-electron chi connectivity index (χ4n) is 2.55. The van der Waals surface area contributed by atoms with E-state index in [9.17, 15) is 0 Å². The first-order valence-electron chi connectivity index (χ1n) is 7.84. The van der Waals surface area contributed by atoms with Crippen LogP contribution < -0.4 is 5.19 Å². The van der Waals surface area contributed by atoms with Gasteiger partial charge in [0.25, 0.3) is 0 Å². The minimum absolute atomic E-state index is 0.565. The predicted molar refractivity (Wildman–Crippen MR) is 92.1 cm³/mol. The molecule has 3 nitrogen and oxygen atoms in total. The third-order valence-electron chi connectivity index (χ3n) is 3.34. The molecule has 2 aromatic rings. The average Bonchev–Trinajstić information content (AvgIpc) is 2.56. The molecule has 0 amide bonds. The maximum atomic E-state index is 6.05. The van der Waals surface area contributed by atoms with Crippen molar-refractivity contribution >= 4 is 14.0 Å². The SMILES string of the molecule is CCO[Si](OCC)(OCC)c1ccccc1-c1ccccc1. The first-order valence-corrected chi connectivity index (χ1v) is 9.56. The molecule has 0 aliphatic heterocycles. The lowest BCUT2D eigenvalue weighted by Crippen LogP contribution is -2.57. The molecule has 2 rings (SSSR count). The molecule has 0 spiro atoms. The number of hydrogen-bond donors (Lipinski definition) is 0. The summed E-state index contributed by atoms with van der Waals surface area (Å²) in [6, 6.07) is 18.5. The molecule has 0 atom stereocenters. The van der Waals surface area contributed by atoms with E-state index in [1.807, 2.05) is 51.1 Å². The number of benzene rings is 2. The largest absolute Gasteiger partial charge is 0.537 e. The van der Waals surface area contributed by atoms with Gasteiger partial charge in [0.1, 0.15) is 0 Å². The van der Waals surface area contributed by atoms with E-state index in [1.54, 1.807) is 0 Å². The van der Waals surface area contributed by atoms with Gasteiger partial charge in [0.05, 0.1) is 0 Å². The third-order valence-corrected chi connectivity index (χ3v) is 6.45. The first kappa shape index (κ1) is 16.9. The van der Waals surface area contributed by atoms with E-state index in [1.165, 1.54) is 0 Å². The molecule has 118 valence electrons. The highest BCUT2D eigenvalue weighted by Crippen LogP contribution is 2.22. The molecule has 0 bridgehead atoms. The molecule has 22 heavy (non-hydrogen) atoms. The zero-order valence-corrected chi connectivity index (χ0v) is 14.5. The van der Waals surface area contributed by atoms with E-state index in [-0.39, 0.29) is 0 Å². The Kier molecular flexibility index (Phi) is 6.33. The van der Waals surface area contributed by atoms with Gasteiger partial charge in [-0.15, -0.1) is 0 Å². The summed E-state index contributed by atoms with van der Waals surface area (Å²) in [4.78, 5) is 0. The highest BCUT2D eigenvalue weighted by molar-refractivity contribution is 6.76. The van der Waals surface area contributed by atoms with Gasteiger partial charge in [-0.1, -0.05) is 54.6 Å². The summed E-state index contributed by atoms with van der Waals surface area (Å²) in [6.07, 6.45) is 0. The molecule has 0 radical (unpaired) electrons. The Bertz CT molecular complexity index is 555. The van der Waals surface area contributed by atoms with E-state index in [0.717, 1.165) is 16.3 Å². The van der Waals surface area contributed by atoms with Crippen molar-refractivity contribution in [3.8, 4) is 11.1 Å². The molecule has 0 heterocycles. The van der Waals surface area contributed by atoms with Crippen molar-refractivity contribution in [2.75, 3.05) is 19.8 Å². The van der Waals surface area contributed by atoms with Gasteiger partial charge in [-0.05, 0) is 31.9 Å². The van der Waals surface area contributed by atoms with Crippen LogP contribution in [0.4, 0.5) is 0 Å². The molecule has 0 N–H and O–H groups in total. The Hall–Kier alpha value is -1.46. The molecule has 2 aromatic carbocycles. The molecule has 0 saturated carbocycles. The molecule has 4 heteroatoms. The Balaban J connectivity index is 2.56. The van der Waals surface area contributed by atoms with Crippen LogP contribution in [0.1, 0.15) is 20.8 Å². The molecule has 0 unspecified atom stereocenters. The molecule has 0 aromatic heterocycles. The van der Waals surface area contributed by atoms with Gasteiger partial charge in [-0.25, -0.2) is 0 Å². The predicted octanol–water partition coefficient (Wildman–Crippen LogP) is 3.61. The van der Waals surface area contributed by atoms with E-state index >= 15 is 0 Å². The summed E-state index contributed by atoms with van der Waals surface area (Å²) < 4.78 is 18.2. The lowest BCUT2D eigenvalue weighted by atomic mass is 10.1. The molecule has 0 aliphatic carbocycles. The quantitative estimate of drug-likeness (QED) is 0.696. The van der Waals surface area contributed by atoms with E-state index in [4.69, 9.17) is 13.3 Å². The summed E-state index contributed by atoms with van der Waals surface area (Å²) in [6.45, 7) is 7.63. The fourth-order valence-corrected chi connectivity index (χ4v) is 5.26. The average molecular weight is 316 g/mol. The van der Waals surface area contributed by atoms with Gasteiger partial charge in [-0.2, -0.15) is 0 Å². The van der Waals surface area contributed by atoms with Crippen molar-refractivity contribution in [1.82, 2.24) is 0 Å². The second-order valence-corrected chi connectivity index (χ2v) is 7.28. The Morgan fingerprint density at radius 3 is 1.73 bits per heavy atom. The monoisotopic (exact) mass is 316 g/mol. The van der Waals surface area contributed by atoms with Gasteiger partial charge < -0.3 is 13.3 Å². The lowest BCUT2D eigenvalue weighted by Gasteiger charge is -2.30. The Morgan fingerprint density at radius 1 is 0.682 bits per heavy atom. The Morgan fingerprint density at radius 2 is 1.18 bits per heavy atom. The number of hydrogen-bond acceptors (Lipinski definition) is 3. The summed E-state index contributed by atoms with van der Waals surface area (Å²) >= 11 is 0. The summed E-state index contributed by atoms with van der Waals surface area (Å²) in [5.41, 5.74) is 2.26. The Labute approximate surface area is 134 Å². The standard InChI is InChI=1S/C18H24O3Si/c1-4-19-22(20-5-2,21-6-3)18-15-11-10-14-17(18)16-12-8-7-9-13-16/h7-15H,4-6H2,1-3H3. The molecular weight excluding hydrogens is 292 g/mol. The normalized spacial score (nSPS) is 11.6. The molecule has 0 saturated heterocycles. The van der Waals surface area contributed by atoms with Crippen LogP contribution >= 0.6 is 0 Å². The van der Waals surface area contributed by atoms with Crippen molar-refractivity contribution < 1.29 is 13.3 Å². The van der Waals surface area contributed by atoms with Crippen LogP contribution in [0.15, 0.2) is 54.6 Å². The minimum Gasteiger partial charge on any atom is -0.370 e. The van der Waals surface area contributed by atoms with Crippen molar-refractivity contribution in [2.45, 2.75) is 20.8 Å². The van der Waals surface area contributed by atoms with Crippen LogP contribution in [0.2, 0.25) is 0 Å². The highest BCUT2D eigenvalue weighted by atomic mass is 28.4. The maximum absolute atomic E-state index is 6.05. The van der Waals surface area contributed by atoms with Gasteiger partial charge in [-0.3, -0.25) is 0 Å². The maximum Gasteiger partial charge on any atom is 0.537 e. The molecular formula is C18H24O3Si. The lowest BCUT2D eigenvalue weighted by molar-refractivity contribution is 0.0860. The number of rotatable bonds is 8. The van der Waals surface area contributed by atoms with Crippen LogP contribution in [0.3, 0.4) is 0 Å². The second kappa shape index (κ2) is 8.24. The second-order valence-electron chi connectivity index (χ2n) is 4.77. The highest BCUT2D eigenvalue weighted by Gasteiger charge is 2.44. The zero-order chi connectivity index (χ0) is 15.8. The van der Waals surface area contributed by atoms with Crippen LogP contribution in [0, 0.1) is 0 Å². The topological polar surface area (TPSA) is 27.7 Å². The molecule has 0 aliphatic rings. The van der Waals surface area contributed by atoms with Gasteiger partial charge in [0, 0.05) is 25.0 Å². The van der Waals surface area contributed by atoms with Gasteiger partial charge in [0.15, 0.2) is 0 Å². The van der Waals surface area contributed by atoms with Crippen molar-refractivity contribution in [1.29, 1.82) is 0 Å². The summed E-state index contributed by atoms with van der Waals surface area (Å²) in [5.74, 6) is 0. The van der Waals surface area contributed by atoms with E-state index in [0.29, 0.717) is 19.8 Å². The van der Waals surface area contributed by atoms with Crippen LogP contribution in [-0.4, -0.2) is 28.6 Å². The minimum atomic E-state index is -2.90. The van der Waals surface area contributed by atoms with Crippen molar-refractivity contribution in [3.05, 3.63) is 54.6 Å². The third kappa shape index (κ3) is 3.65. The van der Waals surface area contributed by atoms with Crippen molar-refractivity contribution in [3.63, 3.8) is 0 Å².